The lowest BCUT2D eigenvalue weighted by Gasteiger charge is -2.13. The molecule has 0 saturated heterocycles. The molecule has 11 heteroatoms. The summed E-state index contributed by atoms with van der Waals surface area (Å²) in [5, 5.41) is 14.5. The highest BCUT2D eigenvalue weighted by atomic mass is 35.5. The van der Waals surface area contributed by atoms with E-state index in [1.807, 2.05) is 32.0 Å². The summed E-state index contributed by atoms with van der Waals surface area (Å²) in [6.07, 6.45) is -3.43. The van der Waals surface area contributed by atoms with Gasteiger partial charge in [0.2, 0.25) is 0 Å². The fourth-order valence-electron chi connectivity index (χ4n) is 3.28. The molecule has 0 unspecified atom stereocenters. The molecule has 0 bridgehead atoms. The van der Waals surface area contributed by atoms with E-state index >= 15 is 0 Å². The first-order valence-electron chi connectivity index (χ1n) is 11.0. The average Bonchev–Trinajstić information content (AvgIpc) is 2.84. The predicted molar refractivity (Wildman–Crippen MR) is 140 cm³/mol. The summed E-state index contributed by atoms with van der Waals surface area (Å²) >= 11 is 12.5. The van der Waals surface area contributed by atoms with Gasteiger partial charge in [-0.05, 0) is 73.0 Å². The first-order valence-corrected chi connectivity index (χ1v) is 11.7. The summed E-state index contributed by atoms with van der Waals surface area (Å²) < 4.78 is 44.2. The van der Waals surface area contributed by atoms with Crippen LogP contribution in [-0.2, 0) is 15.8 Å². The normalized spacial score (nSPS) is 11.5. The molecule has 0 saturated carbocycles. The van der Waals surface area contributed by atoms with E-state index in [0.29, 0.717) is 5.69 Å². The number of carbonyl (C=O) groups is 2. The smallest absolute Gasteiger partial charge is 0.416 e. The molecule has 0 atom stereocenters. The summed E-state index contributed by atoms with van der Waals surface area (Å²) in [4.78, 5) is 24.8. The second-order valence-electron chi connectivity index (χ2n) is 8.17. The third kappa shape index (κ3) is 7.51. The number of anilines is 2. The fraction of sp³-hybridized carbons (Fsp3) is 0.148. The van der Waals surface area contributed by atoms with Crippen LogP contribution >= 0.6 is 23.2 Å². The molecule has 2 amide bonds. The third-order valence-corrected chi connectivity index (χ3v) is 5.72. The molecule has 196 valence electrons. The third-order valence-electron chi connectivity index (χ3n) is 5.16. The van der Waals surface area contributed by atoms with Crippen LogP contribution < -0.4 is 15.4 Å². The molecule has 0 aromatic heterocycles. The highest BCUT2D eigenvalue weighted by molar-refractivity contribution is 6.37. The van der Waals surface area contributed by atoms with Gasteiger partial charge in [-0.15, -0.1) is 0 Å². The van der Waals surface area contributed by atoms with Gasteiger partial charge in [0.1, 0.15) is 11.6 Å². The second kappa shape index (κ2) is 12.0. The molecule has 0 aliphatic rings. The average molecular weight is 562 g/mol. The lowest BCUT2D eigenvalue weighted by atomic mass is 10.1. The summed E-state index contributed by atoms with van der Waals surface area (Å²) in [7, 11) is 0. The molecule has 0 radical (unpaired) electrons. The van der Waals surface area contributed by atoms with Gasteiger partial charge >= 0.3 is 6.18 Å². The molecule has 0 aliphatic heterocycles. The van der Waals surface area contributed by atoms with Gasteiger partial charge in [0.25, 0.3) is 11.8 Å². The number of rotatable bonds is 7. The zero-order valence-electron chi connectivity index (χ0n) is 20.0. The predicted octanol–water partition coefficient (Wildman–Crippen LogP) is 7.19. The van der Waals surface area contributed by atoms with Gasteiger partial charge < -0.3 is 15.4 Å². The van der Waals surface area contributed by atoms with E-state index in [-0.39, 0.29) is 33.7 Å². The van der Waals surface area contributed by atoms with Crippen molar-refractivity contribution in [1.29, 1.82) is 5.26 Å². The number of nitriles is 1. The van der Waals surface area contributed by atoms with Crippen molar-refractivity contribution in [2.45, 2.75) is 20.0 Å². The zero-order chi connectivity index (χ0) is 28.0. The van der Waals surface area contributed by atoms with Crippen molar-refractivity contribution >= 4 is 52.5 Å². The Balaban J connectivity index is 1.71. The molecule has 6 nitrogen and oxygen atoms in total. The van der Waals surface area contributed by atoms with Crippen LogP contribution in [0.4, 0.5) is 24.5 Å². The van der Waals surface area contributed by atoms with Crippen molar-refractivity contribution in [2.24, 2.45) is 0 Å². The van der Waals surface area contributed by atoms with E-state index < -0.39 is 29.1 Å². The first-order chi connectivity index (χ1) is 17.9. The number of amides is 2. The van der Waals surface area contributed by atoms with Crippen LogP contribution in [-0.4, -0.2) is 18.4 Å². The molecular weight excluding hydrogens is 542 g/mol. The van der Waals surface area contributed by atoms with Gasteiger partial charge in [-0.3, -0.25) is 9.59 Å². The van der Waals surface area contributed by atoms with Crippen molar-refractivity contribution in [3.63, 3.8) is 0 Å². The Morgan fingerprint density at radius 2 is 1.71 bits per heavy atom. The van der Waals surface area contributed by atoms with Crippen LogP contribution in [0, 0.1) is 25.2 Å². The number of nitrogens with zero attached hydrogens (tertiary/aromatic N) is 1. The first kappa shape index (κ1) is 28.6. The molecule has 3 rings (SSSR count). The van der Waals surface area contributed by atoms with Gasteiger partial charge in [-0.25, -0.2) is 0 Å². The van der Waals surface area contributed by atoms with E-state index in [0.717, 1.165) is 35.4 Å². The van der Waals surface area contributed by atoms with E-state index in [1.54, 1.807) is 6.07 Å². The van der Waals surface area contributed by atoms with Crippen molar-refractivity contribution in [3.05, 3.63) is 92.5 Å². The Hall–Kier alpha value is -4.00. The summed E-state index contributed by atoms with van der Waals surface area (Å²) in [6, 6.07) is 14.0. The highest BCUT2D eigenvalue weighted by Gasteiger charge is 2.30. The Morgan fingerprint density at radius 3 is 2.34 bits per heavy atom. The number of hydrogen-bond acceptors (Lipinski definition) is 4. The van der Waals surface area contributed by atoms with E-state index in [1.165, 1.54) is 18.2 Å². The number of carbonyl (C=O) groups excluding carboxylic acids is 2. The van der Waals surface area contributed by atoms with Crippen LogP contribution in [0.2, 0.25) is 10.0 Å². The SMILES string of the molecule is Cc1ccc(C)c(NC(=O)COc2c(Cl)cc(/C=C(\C#N)C(=O)Nc3cccc(C(F)(F)F)c3)cc2Cl)c1. The number of hydrogen-bond donors (Lipinski definition) is 2. The second-order valence-corrected chi connectivity index (χ2v) is 8.99. The number of halogens is 5. The minimum absolute atomic E-state index is 0.0128. The van der Waals surface area contributed by atoms with Gasteiger partial charge in [-0.2, -0.15) is 18.4 Å². The Kier molecular flexibility index (Phi) is 9.04. The monoisotopic (exact) mass is 561 g/mol. The van der Waals surface area contributed by atoms with Gasteiger partial charge in [-0.1, -0.05) is 41.4 Å². The molecule has 0 spiro atoms. The van der Waals surface area contributed by atoms with Crippen molar-refractivity contribution < 1.29 is 27.5 Å². The van der Waals surface area contributed by atoms with E-state index in [2.05, 4.69) is 10.6 Å². The van der Waals surface area contributed by atoms with E-state index in [9.17, 15) is 28.0 Å². The number of ether oxygens (including phenoxy) is 1. The molecule has 2 N–H and O–H groups in total. The molecular formula is C27H20Cl2F3N3O3. The number of aryl methyl sites for hydroxylation is 2. The lowest BCUT2D eigenvalue weighted by Crippen LogP contribution is -2.21. The van der Waals surface area contributed by atoms with Crippen molar-refractivity contribution in [2.75, 3.05) is 17.2 Å². The quantitative estimate of drug-likeness (QED) is 0.236. The minimum atomic E-state index is -4.59. The topological polar surface area (TPSA) is 91.2 Å². The maximum Gasteiger partial charge on any atom is 0.416 e. The molecule has 3 aromatic rings. The maximum atomic E-state index is 12.9. The molecule has 0 heterocycles. The minimum Gasteiger partial charge on any atom is -0.481 e. The number of benzene rings is 3. The van der Waals surface area contributed by atoms with Gasteiger partial charge in [0.15, 0.2) is 12.4 Å². The molecule has 3 aromatic carbocycles. The standard InChI is InChI=1S/C27H20Cl2F3N3O3/c1-15-6-7-16(2)23(8-15)35-24(36)14-38-25-21(28)10-17(11-22(25)29)9-18(13-33)26(37)34-20-5-3-4-19(12-20)27(30,31)32/h3-12H,14H2,1-2H3,(H,34,37)(H,35,36)/b18-9+. The molecule has 0 fully saturated rings. The summed E-state index contributed by atoms with van der Waals surface area (Å²) in [5.41, 5.74) is 1.26. The maximum absolute atomic E-state index is 12.9. The summed E-state index contributed by atoms with van der Waals surface area (Å²) in [5.74, 6) is -1.34. The molecule has 0 aliphatic carbocycles. The Labute approximate surface area is 226 Å². The summed E-state index contributed by atoms with van der Waals surface area (Å²) in [6.45, 7) is 3.37. The van der Waals surface area contributed by atoms with Crippen LogP contribution in [0.15, 0.2) is 60.2 Å². The van der Waals surface area contributed by atoms with Crippen molar-refractivity contribution in [3.8, 4) is 11.8 Å². The van der Waals surface area contributed by atoms with E-state index in [4.69, 9.17) is 27.9 Å². The van der Waals surface area contributed by atoms with Crippen molar-refractivity contribution in [1.82, 2.24) is 0 Å². The lowest BCUT2D eigenvalue weighted by molar-refractivity contribution is -0.137. The Morgan fingerprint density at radius 1 is 1.03 bits per heavy atom. The number of alkyl halides is 3. The largest absolute Gasteiger partial charge is 0.481 e. The van der Waals surface area contributed by atoms with Crippen LogP contribution in [0.3, 0.4) is 0 Å². The zero-order valence-corrected chi connectivity index (χ0v) is 21.6. The number of nitrogens with one attached hydrogen (secondary N) is 2. The Bertz CT molecular complexity index is 1440. The highest BCUT2D eigenvalue weighted by Crippen LogP contribution is 2.35. The molecule has 38 heavy (non-hydrogen) atoms. The van der Waals surface area contributed by atoms with Crippen LogP contribution in [0.25, 0.3) is 6.08 Å². The fourth-order valence-corrected chi connectivity index (χ4v) is 3.90. The van der Waals surface area contributed by atoms with Gasteiger partial charge in [0, 0.05) is 11.4 Å². The van der Waals surface area contributed by atoms with Crippen LogP contribution in [0.1, 0.15) is 22.3 Å². The van der Waals surface area contributed by atoms with Crippen LogP contribution in [0.5, 0.6) is 5.75 Å². The van der Waals surface area contributed by atoms with Gasteiger partial charge in [0.05, 0.1) is 15.6 Å².